The van der Waals surface area contributed by atoms with Gasteiger partial charge in [0.2, 0.25) is 5.91 Å². The smallest absolute Gasteiger partial charge is 0.407 e. The van der Waals surface area contributed by atoms with Crippen LogP contribution in [0.2, 0.25) is 0 Å². The minimum absolute atomic E-state index is 0.0277. The number of likely N-dealkylation sites (tertiary alicyclic amines) is 1. The van der Waals surface area contributed by atoms with Crippen LogP contribution in [0.5, 0.6) is 0 Å². The molecule has 1 heterocycles. The van der Waals surface area contributed by atoms with Gasteiger partial charge in [-0.15, -0.1) is 0 Å². The standard InChI is InChI=1S/C27H30N2O5/c1-27(25(31)32)14-7-15-29(27)24(30)21-12-6-13-23(21)28-26(33)34-16-22-19-10-4-2-8-17(19)18-9-3-5-11-20(18)22/h2-5,8-11,21-23H,6-7,12-16H2,1H3,(H,28,33)(H,31,32)/t21-,23+,27+/m1/s1. The van der Waals surface area contributed by atoms with Crippen LogP contribution in [0.3, 0.4) is 0 Å². The predicted molar refractivity (Wildman–Crippen MR) is 126 cm³/mol. The molecule has 2 aliphatic carbocycles. The van der Waals surface area contributed by atoms with Crippen molar-refractivity contribution in [3.63, 3.8) is 0 Å². The molecule has 34 heavy (non-hydrogen) atoms. The Bertz CT molecular complexity index is 1090. The van der Waals surface area contributed by atoms with Gasteiger partial charge in [0.25, 0.3) is 0 Å². The summed E-state index contributed by atoms with van der Waals surface area (Å²) in [6.45, 7) is 2.27. The van der Waals surface area contributed by atoms with E-state index in [1.54, 1.807) is 6.92 Å². The molecule has 0 spiro atoms. The molecular weight excluding hydrogens is 432 g/mol. The summed E-state index contributed by atoms with van der Waals surface area (Å²) in [6, 6.07) is 16.0. The van der Waals surface area contributed by atoms with E-state index in [1.807, 2.05) is 24.3 Å². The molecule has 0 bridgehead atoms. The zero-order valence-corrected chi connectivity index (χ0v) is 19.3. The number of nitrogens with zero attached hydrogens (tertiary/aromatic N) is 1. The lowest BCUT2D eigenvalue weighted by atomic mass is 9.95. The number of hydrogen-bond donors (Lipinski definition) is 2. The van der Waals surface area contributed by atoms with Crippen molar-refractivity contribution in [3.8, 4) is 11.1 Å². The van der Waals surface area contributed by atoms with E-state index in [0.717, 1.165) is 17.5 Å². The SMILES string of the molecule is C[C@@]1(C(=O)O)CCCN1C(=O)[C@@H]1CCC[C@@H]1NC(=O)OCC1c2ccccc2-c2ccccc21. The Hall–Kier alpha value is -3.35. The van der Waals surface area contributed by atoms with Crippen molar-refractivity contribution in [3.05, 3.63) is 59.7 Å². The van der Waals surface area contributed by atoms with Gasteiger partial charge in [0.15, 0.2) is 0 Å². The largest absolute Gasteiger partial charge is 0.480 e. The average molecular weight is 463 g/mol. The molecule has 1 saturated carbocycles. The summed E-state index contributed by atoms with van der Waals surface area (Å²) < 4.78 is 5.67. The van der Waals surface area contributed by atoms with Crippen LogP contribution in [0.25, 0.3) is 11.1 Å². The van der Waals surface area contributed by atoms with Crippen molar-refractivity contribution in [2.75, 3.05) is 13.2 Å². The third-order valence-corrected chi connectivity index (χ3v) is 7.85. The zero-order valence-electron chi connectivity index (χ0n) is 19.3. The van der Waals surface area contributed by atoms with E-state index in [-0.39, 0.29) is 24.5 Å². The summed E-state index contributed by atoms with van der Waals surface area (Å²) in [4.78, 5) is 39.3. The monoisotopic (exact) mass is 462 g/mol. The first kappa shape index (κ1) is 22.4. The van der Waals surface area contributed by atoms with Crippen molar-refractivity contribution < 1.29 is 24.2 Å². The summed E-state index contributed by atoms with van der Waals surface area (Å²) in [6.07, 6.45) is 2.71. The predicted octanol–water partition coefficient (Wildman–Crippen LogP) is 4.16. The number of amides is 2. The highest BCUT2D eigenvalue weighted by molar-refractivity contribution is 5.89. The molecule has 2 amide bonds. The third kappa shape index (κ3) is 3.73. The Morgan fingerprint density at radius 2 is 1.68 bits per heavy atom. The van der Waals surface area contributed by atoms with Crippen LogP contribution in [0.15, 0.2) is 48.5 Å². The van der Waals surface area contributed by atoms with Crippen LogP contribution in [0.4, 0.5) is 4.79 Å². The van der Waals surface area contributed by atoms with E-state index < -0.39 is 23.5 Å². The lowest BCUT2D eigenvalue weighted by Gasteiger charge is -2.34. The number of carboxylic acid groups (broad SMARTS) is 1. The van der Waals surface area contributed by atoms with Crippen LogP contribution < -0.4 is 5.32 Å². The highest BCUT2D eigenvalue weighted by atomic mass is 16.5. The first-order chi connectivity index (χ1) is 16.4. The quantitative estimate of drug-likeness (QED) is 0.696. The molecule has 2 fully saturated rings. The molecule has 3 atom stereocenters. The van der Waals surface area contributed by atoms with Gasteiger partial charge in [0.05, 0.1) is 5.92 Å². The lowest BCUT2D eigenvalue weighted by molar-refractivity contribution is -0.157. The minimum atomic E-state index is -1.17. The highest BCUT2D eigenvalue weighted by Gasteiger charge is 2.49. The summed E-state index contributed by atoms with van der Waals surface area (Å²) in [5.74, 6) is -1.60. The molecule has 0 radical (unpaired) electrons. The third-order valence-electron chi connectivity index (χ3n) is 7.85. The van der Waals surface area contributed by atoms with Crippen molar-refractivity contribution in [2.24, 2.45) is 5.92 Å². The van der Waals surface area contributed by atoms with Gasteiger partial charge >= 0.3 is 12.1 Å². The number of carbonyl (C=O) groups is 3. The van der Waals surface area contributed by atoms with E-state index in [9.17, 15) is 19.5 Å². The fourth-order valence-electron chi connectivity index (χ4n) is 5.96. The van der Waals surface area contributed by atoms with Gasteiger partial charge in [-0.2, -0.15) is 0 Å². The number of benzene rings is 2. The Kier molecular flexibility index (Phi) is 5.80. The van der Waals surface area contributed by atoms with E-state index in [1.165, 1.54) is 16.0 Å². The average Bonchev–Trinajstić information content (AvgIpc) is 3.54. The highest BCUT2D eigenvalue weighted by Crippen LogP contribution is 2.44. The number of fused-ring (bicyclic) bond motifs is 3. The van der Waals surface area contributed by atoms with Gasteiger partial charge in [0.1, 0.15) is 12.1 Å². The molecule has 178 valence electrons. The molecule has 7 heteroatoms. The molecule has 0 aromatic heterocycles. The maximum absolute atomic E-state index is 13.3. The maximum atomic E-state index is 13.3. The van der Waals surface area contributed by atoms with Crippen LogP contribution in [0, 0.1) is 5.92 Å². The Balaban J connectivity index is 1.24. The number of rotatable bonds is 5. The molecule has 2 aromatic rings. The summed E-state index contributed by atoms with van der Waals surface area (Å²) in [7, 11) is 0. The van der Waals surface area contributed by atoms with E-state index in [4.69, 9.17) is 4.74 Å². The second-order valence-electron chi connectivity index (χ2n) is 9.79. The van der Waals surface area contributed by atoms with Gasteiger partial charge in [0, 0.05) is 18.5 Å². The topological polar surface area (TPSA) is 95.9 Å². The summed E-state index contributed by atoms with van der Waals surface area (Å²) in [5.41, 5.74) is 3.45. The molecule has 2 aromatic carbocycles. The number of carboxylic acids is 1. The van der Waals surface area contributed by atoms with Gasteiger partial charge in [-0.25, -0.2) is 9.59 Å². The van der Waals surface area contributed by atoms with E-state index in [2.05, 4.69) is 29.6 Å². The number of nitrogens with one attached hydrogen (secondary N) is 1. The van der Waals surface area contributed by atoms with Crippen molar-refractivity contribution in [1.82, 2.24) is 10.2 Å². The number of alkyl carbamates (subject to hydrolysis) is 1. The van der Waals surface area contributed by atoms with Crippen LogP contribution in [-0.4, -0.2) is 52.7 Å². The van der Waals surface area contributed by atoms with Gasteiger partial charge in [-0.05, 0) is 54.9 Å². The maximum Gasteiger partial charge on any atom is 0.407 e. The second kappa shape index (κ2) is 8.78. The van der Waals surface area contributed by atoms with Gasteiger partial charge in [-0.1, -0.05) is 55.0 Å². The fraction of sp³-hybridized carbons (Fsp3) is 0.444. The first-order valence-corrected chi connectivity index (χ1v) is 12.1. The van der Waals surface area contributed by atoms with Crippen molar-refractivity contribution in [1.29, 1.82) is 0 Å². The summed E-state index contributed by atoms with van der Waals surface area (Å²) >= 11 is 0. The number of aliphatic carboxylic acids is 1. The van der Waals surface area contributed by atoms with Gasteiger partial charge < -0.3 is 20.1 Å². The molecular formula is C27H30N2O5. The molecule has 2 N–H and O–H groups in total. The number of carbonyl (C=O) groups excluding carboxylic acids is 2. The Morgan fingerprint density at radius 3 is 2.32 bits per heavy atom. The van der Waals surface area contributed by atoms with Crippen LogP contribution >= 0.6 is 0 Å². The normalized spacial score (nSPS) is 25.6. The molecule has 1 aliphatic heterocycles. The van der Waals surface area contributed by atoms with E-state index in [0.29, 0.717) is 32.2 Å². The Morgan fingerprint density at radius 1 is 1.03 bits per heavy atom. The molecule has 3 aliphatic rings. The van der Waals surface area contributed by atoms with Crippen LogP contribution in [-0.2, 0) is 14.3 Å². The number of ether oxygens (including phenoxy) is 1. The fourth-order valence-corrected chi connectivity index (χ4v) is 5.96. The first-order valence-electron chi connectivity index (χ1n) is 12.1. The van der Waals surface area contributed by atoms with Crippen LogP contribution in [0.1, 0.15) is 56.1 Å². The summed E-state index contributed by atoms with van der Waals surface area (Å²) in [5, 5.41) is 12.6. The van der Waals surface area contributed by atoms with E-state index >= 15 is 0 Å². The molecule has 1 saturated heterocycles. The minimum Gasteiger partial charge on any atom is -0.480 e. The van der Waals surface area contributed by atoms with Gasteiger partial charge in [-0.3, -0.25) is 4.79 Å². The Labute approximate surface area is 199 Å². The second-order valence-corrected chi connectivity index (χ2v) is 9.79. The molecule has 0 unspecified atom stereocenters. The van der Waals surface area contributed by atoms with Crippen molar-refractivity contribution in [2.45, 2.75) is 56.5 Å². The zero-order chi connectivity index (χ0) is 23.9. The molecule has 7 nitrogen and oxygen atoms in total. The van der Waals surface area contributed by atoms with Crippen molar-refractivity contribution >= 4 is 18.0 Å². The number of hydrogen-bond acceptors (Lipinski definition) is 4. The lowest BCUT2D eigenvalue weighted by Crippen LogP contribution is -2.54. The molecule has 5 rings (SSSR count).